The Kier molecular flexibility index (Phi) is 3.61. The molecule has 3 aromatic rings. The summed E-state index contributed by atoms with van der Waals surface area (Å²) in [6.45, 7) is 7.23. The van der Waals surface area contributed by atoms with Gasteiger partial charge in [-0.2, -0.15) is 0 Å². The molecule has 0 bridgehead atoms. The van der Waals surface area contributed by atoms with E-state index >= 15 is 0 Å². The Morgan fingerprint density at radius 2 is 1.71 bits per heavy atom. The molecule has 0 aliphatic rings. The van der Waals surface area contributed by atoms with Gasteiger partial charge >= 0.3 is 0 Å². The molecule has 3 rings (SSSR count). The molecule has 0 radical (unpaired) electrons. The van der Waals surface area contributed by atoms with Gasteiger partial charge in [-0.15, -0.1) is 0 Å². The Labute approximate surface area is 125 Å². The van der Waals surface area contributed by atoms with E-state index in [1.165, 1.54) is 27.6 Å². The van der Waals surface area contributed by atoms with Gasteiger partial charge in [0, 0.05) is 23.8 Å². The number of nitrogens with one attached hydrogen (secondary N) is 1. The second-order valence-electron chi connectivity index (χ2n) is 5.60. The van der Waals surface area contributed by atoms with Crippen LogP contribution in [-0.2, 0) is 6.54 Å². The third-order valence-corrected chi connectivity index (χ3v) is 4.03. The van der Waals surface area contributed by atoms with Crippen LogP contribution in [0.5, 0.6) is 0 Å². The Morgan fingerprint density at radius 1 is 0.905 bits per heavy atom. The lowest BCUT2D eigenvalue weighted by Crippen LogP contribution is -2.01. The predicted molar refractivity (Wildman–Crippen MR) is 89.7 cm³/mol. The Bertz CT molecular complexity index is 791. The van der Waals surface area contributed by atoms with Crippen molar-refractivity contribution in [2.45, 2.75) is 27.3 Å². The SMILES string of the molecule is Cc1ccc(CNc2ccc(C)c3ncccc23)cc1C. The quantitative estimate of drug-likeness (QED) is 0.745. The van der Waals surface area contributed by atoms with Crippen molar-refractivity contribution < 1.29 is 0 Å². The van der Waals surface area contributed by atoms with Crippen LogP contribution in [0.15, 0.2) is 48.7 Å². The van der Waals surface area contributed by atoms with E-state index in [1.807, 2.05) is 12.3 Å². The zero-order valence-corrected chi connectivity index (χ0v) is 12.8. The maximum Gasteiger partial charge on any atom is 0.0751 e. The first kappa shape index (κ1) is 13.6. The monoisotopic (exact) mass is 276 g/mol. The van der Waals surface area contributed by atoms with Crippen LogP contribution in [0.2, 0.25) is 0 Å². The van der Waals surface area contributed by atoms with Crippen molar-refractivity contribution in [1.29, 1.82) is 0 Å². The van der Waals surface area contributed by atoms with Crippen LogP contribution < -0.4 is 5.32 Å². The molecule has 0 fully saturated rings. The molecule has 0 spiro atoms. The standard InChI is InChI=1S/C19H20N2/c1-13-6-8-16(11-15(13)3)12-21-18-9-7-14(2)19-17(18)5-4-10-20-19/h4-11,21H,12H2,1-3H3. The third kappa shape index (κ3) is 2.75. The zero-order valence-electron chi connectivity index (χ0n) is 12.8. The van der Waals surface area contributed by atoms with Crippen LogP contribution in [0, 0.1) is 20.8 Å². The molecule has 0 aliphatic heterocycles. The number of anilines is 1. The number of fused-ring (bicyclic) bond motifs is 1. The number of benzene rings is 2. The lowest BCUT2D eigenvalue weighted by Gasteiger charge is -2.12. The summed E-state index contributed by atoms with van der Waals surface area (Å²) in [7, 11) is 0. The van der Waals surface area contributed by atoms with E-state index in [4.69, 9.17) is 0 Å². The molecule has 2 aromatic carbocycles. The maximum atomic E-state index is 4.48. The number of aryl methyl sites for hydroxylation is 3. The highest BCUT2D eigenvalue weighted by atomic mass is 14.9. The summed E-state index contributed by atoms with van der Waals surface area (Å²) >= 11 is 0. The molecule has 1 aromatic heterocycles. The van der Waals surface area contributed by atoms with Gasteiger partial charge in [0.15, 0.2) is 0 Å². The van der Waals surface area contributed by atoms with Crippen molar-refractivity contribution in [3.63, 3.8) is 0 Å². The van der Waals surface area contributed by atoms with E-state index < -0.39 is 0 Å². The average molecular weight is 276 g/mol. The summed E-state index contributed by atoms with van der Waals surface area (Å²) in [5, 5.41) is 4.72. The van der Waals surface area contributed by atoms with Crippen LogP contribution >= 0.6 is 0 Å². The summed E-state index contributed by atoms with van der Waals surface area (Å²) in [5.74, 6) is 0. The minimum Gasteiger partial charge on any atom is -0.380 e. The normalized spacial score (nSPS) is 10.8. The van der Waals surface area contributed by atoms with E-state index in [0.29, 0.717) is 0 Å². The van der Waals surface area contributed by atoms with Crippen LogP contribution in [-0.4, -0.2) is 4.98 Å². The maximum absolute atomic E-state index is 4.48. The van der Waals surface area contributed by atoms with Gasteiger partial charge in [0.1, 0.15) is 0 Å². The number of hydrogen-bond acceptors (Lipinski definition) is 2. The zero-order chi connectivity index (χ0) is 14.8. The molecule has 2 nitrogen and oxygen atoms in total. The first-order valence-corrected chi connectivity index (χ1v) is 7.29. The highest BCUT2D eigenvalue weighted by Gasteiger charge is 2.04. The van der Waals surface area contributed by atoms with Crippen molar-refractivity contribution in [2.24, 2.45) is 0 Å². The second-order valence-corrected chi connectivity index (χ2v) is 5.60. The fourth-order valence-electron chi connectivity index (χ4n) is 2.58. The number of rotatable bonds is 3. The molecule has 0 saturated carbocycles. The van der Waals surface area contributed by atoms with Crippen LogP contribution in [0.4, 0.5) is 5.69 Å². The second kappa shape index (κ2) is 5.57. The molecule has 0 aliphatic carbocycles. The number of nitrogens with zero attached hydrogens (tertiary/aromatic N) is 1. The van der Waals surface area contributed by atoms with Gasteiger partial charge in [-0.25, -0.2) is 0 Å². The topological polar surface area (TPSA) is 24.9 Å². The fourth-order valence-corrected chi connectivity index (χ4v) is 2.58. The van der Waals surface area contributed by atoms with Gasteiger partial charge in [-0.05, 0) is 61.2 Å². The first-order chi connectivity index (χ1) is 10.1. The summed E-state index contributed by atoms with van der Waals surface area (Å²) in [6, 6.07) is 15.0. The van der Waals surface area contributed by atoms with Crippen molar-refractivity contribution in [3.8, 4) is 0 Å². The molecule has 1 heterocycles. The van der Waals surface area contributed by atoms with Crippen molar-refractivity contribution >= 4 is 16.6 Å². The molecule has 0 unspecified atom stereocenters. The van der Waals surface area contributed by atoms with Gasteiger partial charge < -0.3 is 5.32 Å². The predicted octanol–water partition coefficient (Wildman–Crippen LogP) is 4.77. The number of aromatic nitrogens is 1. The number of hydrogen-bond donors (Lipinski definition) is 1. The third-order valence-electron chi connectivity index (χ3n) is 4.03. The van der Waals surface area contributed by atoms with E-state index in [0.717, 1.165) is 17.7 Å². The lowest BCUT2D eigenvalue weighted by atomic mass is 10.1. The van der Waals surface area contributed by atoms with Gasteiger partial charge in [0.25, 0.3) is 0 Å². The van der Waals surface area contributed by atoms with Gasteiger partial charge in [-0.3, -0.25) is 4.98 Å². The van der Waals surface area contributed by atoms with Crippen LogP contribution in [0.3, 0.4) is 0 Å². The molecule has 0 amide bonds. The van der Waals surface area contributed by atoms with Crippen molar-refractivity contribution in [3.05, 3.63) is 70.9 Å². The average Bonchev–Trinajstić information content (AvgIpc) is 2.50. The summed E-state index contributed by atoms with van der Waals surface area (Å²) in [6.07, 6.45) is 1.85. The number of pyridine rings is 1. The molecule has 21 heavy (non-hydrogen) atoms. The van der Waals surface area contributed by atoms with E-state index in [2.05, 4.69) is 67.5 Å². The van der Waals surface area contributed by atoms with E-state index in [-0.39, 0.29) is 0 Å². The van der Waals surface area contributed by atoms with E-state index in [1.54, 1.807) is 0 Å². The molecule has 2 heteroatoms. The van der Waals surface area contributed by atoms with Crippen molar-refractivity contribution in [2.75, 3.05) is 5.32 Å². The van der Waals surface area contributed by atoms with Crippen molar-refractivity contribution in [1.82, 2.24) is 4.98 Å². The highest BCUT2D eigenvalue weighted by Crippen LogP contribution is 2.25. The minimum absolute atomic E-state index is 0.828. The molecule has 0 saturated heterocycles. The smallest absolute Gasteiger partial charge is 0.0751 e. The Morgan fingerprint density at radius 3 is 2.52 bits per heavy atom. The van der Waals surface area contributed by atoms with Gasteiger partial charge in [0.2, 0.25) is 0 Å². The van der Waals surface area contributed by atoms with Crippen LogP contribution in [0.25, 0.3) is 10.9 Å². The molecular formula is C19H20N2. The van der Waals surface area contributed by atoms with Gasteiger partial charge in [0.05, 0.1) is 5.52 Å². The summed E-state index contributed by atoms with van der Waals surface area (Å²) in [5.41, 5.74) is 7.40. The molecule has 106 valence electrons. The summed E-state index contributed by atoms with van der Waals surface area (Å²) in [4.78, 5) is 4.48. The Balaban J connectivity index is 1.88. The minimum atomic E-state index is 0.828. The first-order valence-electron chi connectivity index (χ1n) is 7.29. The molecule has 1 N–H and O–H groups in total. The molecular weight excluding hydrogens is 256 g/mol. The Hall–Kier alpha value is -2.35. The summed E-state index contributed by atoms with van der Waals surface area (Å²) < 4.78 is 0. The highest BCUT2D eigenvalue weighted by molar-refractivity contribution is 5.93. The van der Waals surface area contributed by atoms with E-state index in [9.17, 15) is 0 Å². The molecule has 0 atom stereocenters. The van der Waals surface area contributed by atoms with Gasteiger partial charge in [-0.1, -0.05) is 24.3 Å². The largest absolute Gasteiger partial charge is 0.380 e. The van der Waals surface area contributed by atoms with Crippen LogP contribution in [0.1, 0.15) is 22.3 Å². The fraction of sp³-hybridized carbons (Fsp3) is 0.211. The lowest BCUT2D eigenvalue weighted by molar-refractivity contribution is 1.13.